The average Bonchev–Trinajstić information content (AvgIpc) is 2.18. The maximum Gasteiger partial charge on any atom is 0.225 e. The van der Waals surface area contributed by atoms with E-state index in [0.717, 1.165) is 30.5 Å². The Kier molecular flexibility index (Phi) is 2.87. The van der Waals surface area contributed by atoms with E-state index in [1.54, 1.807) is 0 Å². The van der Waals surface area contributed by atoms with Crippen LogP contribution in [-0.4, -0.2) is 39.5 Å². The number of hydrogen-bond acceptors (Lipinski definition) is 6. The van der Waals surface area contributed by atoms with E-state index in [9.17, 15) is 0 Å². The third kappa shape index (κ3) is 2.16. The van der Waals surface area contributed by atoms with E-state index < -0.39 is 0 Å². The lowest BCUT2D eigenvalue weighted by molar-refractivity contribution is 0.806. The van der Waals surface area contributed by atoms with Crippen LogP contribution < -0.4 is 10.6 Å². The van der Waals surface area contributed by atoms with Crippen molar-refractivity contribution in [2.24, 2.45) is 0 Å². The maximum absolute atomic E-state index is 5.56. The molecule has 0 atom stereocenters. The van der Waals surface area contributed by atoms with Gasteiger partial charge in [0.1, 0.15) is 0 Å². The number of hydrogen-bond donors (Lipinski definition) is 2. The zero-order valence-corrected chi connectivity index (χ0v) is 9.20. The summed E-state index contributed by atoms with van der Waals surface area (Å²) in [5.74, 6) is 3.30. The first kappa shape index (κ1) is 9.72. The van der Waals surface area contributed by atoms with E-state index >= 15 is 0 Å². The number of H-pyrrole nitrogens is 1. The van der Waals surface area contributed by atoms with Gasteiger partial charge in [0.2, 0.25) is 16.7 Å². The molecule has 1 aromatic rings. The molecule has 14 heavy (non-hydrogen) atoms. The van der Waals surface area contributed by atoms with Gasteiger partial charge in [0.05, 0.1) is 0 Å². The first-order chi connectivity index (χ1) is 6.75. The predicted molar refractivity (Wildman–Crippen MR) is 61.2 cm³/mol. The Hall–Kier alpha value is -0.820. The molecule has 0 bridgehead atoms. The van der Waals surface area contributed by atoms with E-state index in [1.807, 2.05) is 11.8 Å². The Bertz CT molecular complexity index is 371. The van der Waals surface area contributed by atoms with Gasteiger partial charge in [-0.25, -0.2) is 0 Å². The van der Waals surface area contributed by atoms with Gasteiger partial charge in [0.25, 0.3) is 0 Å². The molecule has 2 rings (SSSR count). The molecular formula is C7H11N5S2. The number of aromatic amines is 1. The molecule has 3 N–H and O–H groups in total. The minimum absolute atomic E-state index is 0.300. The maximum atomic E-state index is 5.56. The van der Waals surface area contributed by atoms with Crippen molar-refractivity contribution >= 4 is 35.9 Å². The summed E-state index contributed by atoms with van der Waals surface area (Å²) in [7, 11) is 0. The molecule has 0 aromatic carbocycles. The summed E-state index contributed by atoms with van der Waals surface area (Å²) in [4.78, 5) is 13.0. The molecule has 76 valence electrons. The number of nitrogens with two attached hydrogens (primary N) is 1. The van der Waals surface area contributed by atoms with Crippen LogP contribution in [0.3, 0.4) is 0 Å². The van der Waals surface area contributed by atoms with Crippen LogP contribution in [0.4, 0.5) is 11.9 Å². The lowest BCUT2D eigenvalue weighted by atomic mass is 10.5. The third-order valence-electron chi connectivity index (χ3n) is 1.97. The molecule has 0 radical (unpaired) electrons. The molecule has 0 spiro atoms. The quantitative estimate of drug-likeness (QED) is 0.690. The Morgan fingerprint density at radius 2 is 2.07 bits per heavy atom. The van der Waals surface area contributed by atoms with Crippen LogP contribution in [0.1, 0.15) is 0 Å². The zero-order chi connectivity index (χ0) is 9.97. The molecule has 7 heteroatoms. The summed E-state index contributed by atoms with van der Waals surface area (Å²) in [6.07, 6.45) is 0. The zero-order valence-electron chi connectivity index (χ0n) is 7.56. The smallest absolute Gasteiger partial charge is 0.225 e. The van der Waals surface area contributed by atoms with Crippen molar-refractivity contribution < 1.29 is 0 Å². The summed E-state index contributed by atoms with van der Waals surface area (Å²) >= 11 is 6.85. The second-order valence-corrected chi connectivity index (χ2v) is 4.53. The van der Waals surface area contributed by atoms with Gasteiger partial charge >= 0.3 is 0 Å². The molecule has 0 unspecified atom stereocenters. The first-order valence-corrected chi connectivity index (χ1v) is 5.88. The van der Waals surface area contributed by atoms with Crippen molar-refractivity contribution in [3.63, 3.8) is 0 Å². The lowest BCUT2D eigenvalue weighted by Gasteiger charge is -2.26. The molecule has 5 nitrogen and oxygen atoms in total. The normalized spacial score (nSPS) is 17.0. The molecule has 2 heterocycles. The van der Waals surface area contributed by atoms with Gasteiger partial charge in [-0.2, -0.15) is 21.7 Å². The van der Waals surface area contributed by atoms with Crippen molar-refractivity contribution in [2.45, 2.75) is 0 Å². The average molecular weight is 229 g/mol. The molecule has 1 fully saturated rings. The summed E-state index contributed by atoms with van der Waals surface area (Å²) in [5.41, 5.74) is 5.56. The van der Waals surface area contributed by atoms with Crippen LogP contribution in [0.2, 0.25) is 0 Å². The standard InChI is InChI=1S/C7H11N5S2/c8-5-9-6(11-7(13)10-5)12-1-3-14-4-2-12/h1-4H2,(H3,8,9,10,11,13). The Labute approximate surface area is 91.1 Å². The van der Waals surface area contributed by atoms with Gasteiger partial charge in [-0.1, -0.05) is 0 Å². The number of thioether (sulfide) groups is 1. The van der Waals surface area contributed by atoms with Crippen LogP contribution in [0, 0.1) is 4.77 Å². The van der Waals surface area contributed by atoms with Crippen LogP contribution in [0.15, 0.2) is 0 Å². The van der Waals surface area contributed by atoms with Crippen LogP contribution in [-0.2, 0) is 0 Å². The molecular weight excluding hydrogens is 218 g/mol. The first-order valence-electron chi connectivity index (χ1n) is 4.32. The molecule has 1 aliphatic rings. The largest absolute Gasteiger partial charge is 0.369 e. The van der Waals surface area contributed by atoms with Crippen molar-refractivity contribution in [3.05, 3.63) is 4.77 Å². The van der Waals surface area contributed by atoms with Crippen molar-refractivity contribution in [1.82, 2.24) is 15.0 Å². The fraction of sp³-hybridized carbons (Fsp3) is 0.571. The topological polar surface area (TPSA) is 70.8 Å². The minimum Gasteiger partial charge on any atom is -0.369 e. The van der Waals surface area contributed by atoms with Crippen LogP contribution in [0.25, 0.3) is 0 Å². The minimum atomic E-state index is 0.300. The van der Waals surface area contributed by atoms with Gasteiger partial charge in [-0.3, -0.25) is 4.98 Å². The fourth-order valence-electron chi connectivity index (χ4n) is 1.31. The number of nitrogens with zero attached hydrogens (tertiary/aromatic N) is 3. The van der Waals surface area contributed by atoms with Gasteiger partial charge in [-0.15, -0.1) is 0 Å². The van der Waals surface area contributed by atoms with Gasteiger partial charge in [-0.05, 0) is 12.2 Å². The summed E-state index contributed by atoms with van der Waals surface area (Å²) in [6.45, 7) is 1.96. The molecule has 1 saturated heterocycles. The highest BCUT2D eigenvalue weighted by atomic mass is 32.2. The van der Waals surface area contributed by atoms with E-state index in [2.05, 4.69) is 19.9 Å². The van der Waals surface area contributed by atoms with Crippen molar-refractivity contribution in [2.75, 3.05) is 35.2 Å². The highest BCUT2D eigenvalue weighted by Crippen LogP contribution is 2.14. The number of nitrogens with one attached hydrogen (secondary N) is 1. The SMILES string of the molecule is Nc1nc(=S)nc(N2CCSCC2)[nH]1. The number of nitrogen functional groups attached to an aromatic ring is 1. The summed E-state index contributed by atoms with van der Waals surface area (Å²) in [5, 5.41) is 0. The van der Waals surface area contributed by atoms with Crippen molar-refractivity contribution in [3.8, 4) is 0 Å². The van der Waals surface area contributed by atoms with Crippen molar-refractivity contribution in [1.29, 1.82) is 0 Å². The van der Waals surface area contributed by atoms with E-state index in [4.69, 9.17) is 18.0 Å². The Balaban J connectivity index is 2.26. The van der Waals surface area contributed by atoms with Gasteiger partial charge in [0.15, 0.2) is 0 Å². The number of rotatable bonds is 1. The van der Waals surface area contributed by atoms with Gasteiger partial charge in [0, 0.05) is 24.6 Å². The predicted octanol–water partition coefficient (Wildman–Crippen LogP) is 0.670. The lowest BCUT2D eigenvalue weighted by Crippen LogP contribution is -2.34. The second-order valence-electron chi connectivity index (χ2n) is 2.94. The molecule has 1 aliphatic heterocycles. The highest BCUT2D eigenvalue weighted by molar-refractivity contribution is 7.99. The number of anilines is 2. The number of aromatic nitrogens is 3. The highest BCUT2D eigenvalue weighted by Gasteiger charge is 2.13. The molecule has 0 aliphatic carbocycles. The van der Waals surface area contributed by atoms with E-state index in [0.29, 0.717) is 10.7 Å². The molecule has 0 amide bonds. The summed E-state index contributed by atoms with van der Waals surface area (Å²) < 4.78 is 0.300. The third-order valence-corrected chi connectivity index (χ3v) is 3.09. The van der Waals surface area contributed by atoms with E-state index in [-0.39, 0.29) is 0 Å². The summed E-state index contributed by atoms with van der Waals surface area (Å²) in [6, 6.07) is 0. The Morgan fingerprint density at radius 1 is 1.36 bits per heavy atom. The molecule has 1 aromatic heterocycles. The van der Waals surface area contributed by atoms with E-state index in [1.165, 1.54) is 0 Å². The Morgan fingerprint density at radius 3 is 2.71 bits per heavy atom. The van der Waals surface area contributed by atoms with Gasteiger partial charge < -0.3 is 10.6 Å². The van der Waals surface area contributed by atoms with Crippen LogP contribution in [0.5, 0.6) is 0 Å². The molecule has 0 saturated carbocycles. The monoisotopic (exact) mass is 229 g/mol. The van der Waals surface area contributed by atoms with Crippen LogP contribution >= 0.6 is 24.0 Å². The fourth-order valence-corrected chi connectivity index (χ4v) is 2.40. The second kappa shape index (κ2) is 4.14.